The molecular weight excluding hydrogens is 264 g/mol. The molecule has 0 bridgehead atoms. The van der Waals surface area contributed by atoms with E-state index in [1.54, 1.807) is 19.4 Å². The average Bonchev–Trinajstić information content (AvgIpc) is 2.96. The zero-order chi connectivity index (χ0) is 16.1. The predicted octanol–water partition coefficient (Wildman–Crippen LogP) is 3.21. The molecule has 1 aliphatic heterocycles. The maximum Gasteiger partial charge on any atom is 0.0993 e. The highest BCUT2D eigenvalue weighted by Crippen LogP contribution is 2.34. The number of hydrogen-bond acceptors (Lipinski definition) is 4. The van der Waals surface area contributed by atoms with Crippen LogP contribution in [-0.4, -0.2) is 47.7 Å². The van der Waals surface area contributed by atoms with Gasteiger partial charge in [-0.2, -0.15) is 5.10 Å². The Labute approximate surface area is 129 Å². The van der Waals surface area contributed by atoms with Crippen LogP contribution in [0.1, 0.15) is 53.4 Å². The lowest BCUT2D eigenvalue weighted by atomic mass is 9.87. The highest BCUT2D eigenvalue weighted by atomic mass is 16.5. The molecule has 1 N–H and O–H groups in total. The van der Waals surface area contributed by atoms with Crippen LogP contribution in [0.3, 0.4) is 0 Å². The standard InChI is InChI=1S/C17H32N2O2/c1-7-16(4,5)15(20)13-18-19-12-10-11-14(19)17(8-2,9-3)21-6/h7,13-15,20H,1,8-12H2,2-6H3/b18-13+/t14-,15-/m0/s1. The maximum absolute atomic E-state index is 10.2. The van der Waals surface area contributed by atoms with E-state index < -0.39 is 6.10 Å². The van der Waals surface area contributed by atoms with Gasteiger partial charge in [0, 0.05) is 19.1 Å². The number of nitrogens with zero attached hydrogens (tertiary/aromatic N) is 2. The van der Waals surface area contributed by atoms with Gasteiger partial charge in [-0.05, 0) is 25.7 Å². The summed E-state index contributed by atoms with van der Waals surface area (Å²) in [5.74, 6) is 0. The molecule has 4 nitrogen and oxygen atoms in total. The summed E-state index contributed by atoms with van der Waals surface area (Å²) in [6, 6.07) is 0.285. The molecular formula is C17H32N2O2. The van der Waals surface area contributed by atoms with Gasteiger partial charge in [0.05, 0.1) is 24.0 Å². The summed E-state index contributed by atoms with van der Waals surface area (Å²) in [7, 11) is 1.79. The van der Waals surface area contributed by atoms with Crippen LogP contribution in [0.2, 0.25) is 0 Å². The van der Waals surface area contributed by atoms with Gasteiger partial charge in [0.15, 0.2) is 0 Å². The van der Waals surface area contributed by atoms with Crippen molar-refractivity contribution in [1.29, 1.82) is 0 Å². The normalized spacial score (nSPS) is 22.0. The van der Waals surface area contributed by atoms with E-state index in [2.05, 4.69) is 30.5 Å². The van der Waals surface area contributed by atoms with Crippen molar-refractivity contribution in [3.05, 3.63) is 12.7 Å². The van der Waals surface area contributed by atoms with Crippen LogP contribution in [0.25, 0.3) is 0 Å². The second kappa shape index (κ2) is 7.41. The Kier molecular flexibility index (Phi) is 6.41. The Morgan fingerprint density at radius 1 is 1.43 bits per heavy atom. The molecule has 0 aliphatic carbocycles. The fraction of sp³-hybridized carbons (Fsp3) is 0.824. The van der Waals surface area contributed by atoms with Gasteiger partial charge in [-0.15, -0.1) is 6.58 Å². The lowest BCUT2D eigenvalue weighted by Gasteiger charge is -2.40. The van der Waals surface area contributed by atoms with Gasteiger partial charge >= 0.3 is 0 Å². The summed E-state index contributed by atoms with van der Waals surface area (Å²) < 4.78 is 5.85. The molecule has 0 amide bonds. The minimum absolute atomic E-state index is 0.146. The van der Waals surface area contributed by atoms with Crippen molar-refractivity contribution >= 4 is 6.21 Å². The minimum atomic E-state index is -0.628. The quantitative estimate of drug-likeness (QED) is 0.552. The number of aliphatic hydroxyl groups excluding tert-OH is 1. The van der Waals surface area contributed by atoms with E-state index in [1.807, 2.05) is 13.8 Å². The highest BCUT2D eigenvalue weighted by molar-refractivity contribution is 5.64. The van der Waals surface area contributed by atoms with E-state index in [0.29, 0.717) is 0 Å². The molecule has 21 heavy (non-hydrogen) atoms. The monoisotopic (exact) mass is 296 g/mol. The van der Waals surface area contributed by atoms with E-state index in [4.69, 9.17) is 4.74 Å². The summed E-state index contributed by atoms with van der Waals surface area (Å²) in [5.41, 5.74) is -0.515. The lowest BCUT2D eigenvalue weighted by Crippen LogP contribution is -2.49. The molecule has 0 unspecified atom stereocenters. The van der Waals surface area contributed by atoms with E-state index >= 15 is 0 Å². The Hall–Kier alpha value is -0.870. The molecule has 0 saturated carbocycles. The molecule has 2 atom stereocenters. The predicted molar refractivity (Wildman–Crippen MR) is 88.5 cm³/mol. The molecule has 0 aromatic heterocycles. The van der Waals surface area contributed by atoms with Crippen molar-refractivity contribution in [3.8, 4) is 0 Å². The van der Waals surface area contributed by atoms with Crippen molar-refractivity contribution in [1.82, 2.24) is 5.01 Å². The molecule has 122 valence electrons. The Morgan fingerprint density at radius 2 is 2.05 bits per heavy atom. The molecule has 4 heteroatoms. The van der Waals surface area contributed by atoms with E-state index in [9.17, 15) is 5.11 Å². The molecule has 1 heterocycles. The molecule has 1 rings (SSSR count). The average molecular weight is 296 g/mol. The van der Waals surface area contributed by atoms with Crippen molar-refractivity contribution in [2.45, 2.75) is 71.1 Å². The van der Waals surface area contributed by atoms with E-state index in [1.165, 1.54) is 0 Å². The Balaban J connectivity index is 2.85. The minimum Gasteiger partial charge on any atom is -0.386 e. The van der Waals surface area contributed by atoms with Crippen LogP contribution in [0.5, 0.6) is 0 Å². The zero-order valence-electron chi connectivity index (χ0n) is 14.3. The third-order valence-electron chi connectivity index (χ3n) is 5.08. The number of rotatable bonds is 8. The third kappa shape index (κ3) is 3.86. The van der Waals surface area contributed by atoms with Gasteiger partial charge in [-0.25, -0.2) is 0 Å². The Bertz CT molecular complexity index is 354. The van der Waals surface area contributed by atoms with Gasteiger partial charge in [0.1, 0.15) is 0 Å². The summed E-state index contributed by atoms with van der Waals surface area (Å²) in [6.45, 7) is 12.9. The Morgan fingerprint density at radius 3 is 2.52 bits per heavy atom. The SMILES string of the molecule is C=CC(C)(C)[C@@H](O)/C=N/N1CCC[C@H]1C(CC)(CC)OC. The summed E-state index contributed by atoms with van der Waals surface area (Å²) in [4.78, 5) is 0. The summed E-state index contributed by atoms with van der Waals surface area (Å²) >= 11 is 0. The number of ether oxygens (including phenoxy) is 1. The molecule has 0 aromatic carbocycles. The van der Waals surface area contributed by atoms with Gasteiger partial charge in [0.2, 0.25) is 0 Å². The second-order valence-electron chi connectivity index (χ2n) is 6.53. The first kappa shape index (κ1) is 18.2. The van der Waals surface area contributed by atoms with E-state index in [0.717, 1.165) is 32.2 Å². The van der Waals surface area contributed by atoms with Gasteiger partial charge < -0.3 is 9.84 Å². The number of methoxy groups -OCH3 is 1. The number of hydrazone groups is 1. The van der Waals surface area contributed by atoms with Crippen molar-refractivity contribution in [2.24, 2.45) is 10.5 Å². The first-order valence-corrected chi connectivity index (χ1v) is 8.04. The van der Waals surface area contributed by atoms with Gasteiger partial charge in [-0.3, -0.25) is 5.01 Å². The van der Waals surface area contributed by atoms with Crippen LogP contribution in [-0.2, 0) is 4.74 Å². The largest absolute Gasteiger partial charge is 0.386 e. The zero-order valence-corrected chi connectivity index (χ0v) is 14.3. The summed E-state index contributed by atoms with van der Waals surface area (Å²) in [5, 5.41) is 16.9. The van der Waals surface area contributed by atoms with Crippen LogP contribution in [0.15, 0.2) is 17.8 Å². The first-order valence-electron chi connectivity index (χ1n) is 8.04. The van der Waals surface area contributed by atoms with Crippen molar-refractivity contribution < 1.29 is 9.84 Å². The number of aliphatic hydroxyl groups is 1. The fourth-order valence-corrected chi connectivity index (χ4v) is 3.03. The molecule has 0 radical (unpaired) electrons. The maximum atomic E-state index is 10.2. The van der Waals surface area contributed by atoms with Gasteiger partial charge in [0.25, 0.3) is 0 Å². The van der Waals surface area contributed by atoms with Crippen molar-refractivity contribution in [2.75, 3.05) is 13.7 Å². The highest BCUT2D eigenvalue weighted by Gasteiger charge is 2.42. The summed E-state index contributed by atoms with van der Waals surface area (Å²) in [6.07, 6.45) is 6.93. The third-order valence-corrected chi connectivity index (χ3v) is 5.08. The van der Waals surface area contributed by atoms with Crippen LogP contribution in [0.4, 0.5) is 0 Å². The first-order chi connectivity index (χ1) is 9.86. The molecule has 1 fully saturated rings. The molecule has 0 spiro atoms. The smallest absolute Gasteiger partial charge is 0.0993 e. The molecule has 1 aliphatic rings. The van der Waals surface area contributed by atoms with E-state index in [-0.39, 0.29) is 17.1 Å². The second-order valence-corrected chi connectivity index (χ2v) is 6.53. The van der Waals surface area contributed by atoms with Crippen LogP contribution in [0, 0.1) is 5.41 Å². The topological polar surface area (TPSA) is 45.1 Å². The van der Waals surface area contributed by atoms with Crippen LogP contribution >= 0.6 is 0 Å². The van der Waals surface area contributed by atoms with Crippen LogP contribution < -0.4 is 0 Å². The number of hydrogen-bond donors (Lipinski definition) is 1. The molecule has 1 saturated heterocycles. The molecule has 0 aromatic rings. The fourth-order valence-electron chi connectivity index (χ4n) is 3.03. The van der Waals surface area contributed by atoms with Crippen molar-refractivity contribution in [3.63, 3.8) is 0 Å². The van der Waals surface area contributed by atoms with Gasteiger partial charge in [-0.1, -0.05) is 33.8 Å². The lowest BCUT2D eigenvalue weighted by molar-refractivity contribution is -0.0733.